The number of carbonyl (C=O) groups excluding carboxylic acids is 2. The highest BCUT2D eigenvalue weighted by Crippen LogP contribution is 2.42. The van der Waals surface area contributed by atoms with Crippen molar-refractivity contribution in [2.24, 2.45) is 0 Å². The third-order valence-corrected chi connectivity index (χ3v) is 3.60. The molecule has 1 aliphatic rings. The van der Waals surface area contributed by atoms with E-state index in [-0.39, 0.29) is 17.1 Å². The molecule has 1 aromatic carbocycles. The maximum Gasteiger partial charge on any atom is 0.336 e. The number of ether oxygens (including phenoxy) is 2. The van der Waals surface area contributed by atoms with Crippen molar-refractivity contribution in [3.8, 4) is 11.5 Å². The quantitative estimate of drug-likeness (QED) is 0.362. The molecule has 0 unspecified atom stereocenters. The second kappa shape index (κ2) is 6.66. The number of aromatic hydroxyl groups is 2. The molecule has 1 atom stereocenters. The summed E-state index contributed by atoms with van der Waals surface area (Å²) in [6.45, 7) is 1.68. The van der Waals surface area contributed by atoms with Gasteiger partial charge in [0.15, 0.2) is 0 Å². The predicted molar refractivity (Wildman–Crippen MR) is 81.7 cm³/mol. The van der Waals surface area contributed by atoms with E-state index in [1.54, 1.807) is 13.0 Å². The van der Waals surface area contributed by atoms with Crippen LogP contribution in [0.3, 0.4) is 0 Å². The fraction of sp³-hybridized carbons (Fsp3) is 0.294. The van der Waals surface area contributed by atoms with Gasteiger partial charge in [0.1, 0.15) is 17.8 Å². The molecule has 0 aromatic heterocycles. The lowest BCUT2D eigenvalue weighted by Gasteiger charge is -2.25. The number of methoxy groups -OCH3 is 1. The lowest BCUT2D eigenvalue weighted by atomic mass is 10.0. The average molecular weight is 318 g/mol. The summed E-state index contributed by atoms with van der Waals surface area (Å²) >= 11 is 0. The molecule has 0 saturated heterocycles. The molecule has 0 amide bonds. The first-order valence-corrected chi connectivity index (χ1v) is 7.06. The van der Waals surface area contributed by atoms with Gasteiger partial charge in [0.05, 0.1) is 5.56 Å². The van der Waals surface area contributed by atoms with Crippen LogP contribution in [0.1, 0.15) is 25.3 Å². The summed E-state index contributed by atoms with van der Waals surface area (Å²) < 4.78 is 10.6. The maximum absolute atomic E-state index is 12.1. The van der Waals surface area contributed by atoms with E-state index in [0.717, 1.165) is 6.29 Å². The van der Waals surface area contributed by atoms with E-state index in [4.69, 9.17) is 9.47 Å². The SMILES string of the molecule is CO[C@@]1(c2cc(O)ccc2O)C=C(CC/C=C(/C)C=O)C(=O)O1. The van der Waals surface area contributed by atoms with Crippen LogP contribution in [0.15, 0.2) is 41.5 Å². The monoisotopic (exact) mass is 318 g/mol. The van der Waals surface area contributed by atoms with Gasteiger partial charge in [-0.2, -0.15) is 0 Å². The Kier molecular flexibility index (Phi) is 4.86. The Labute approximate surface area is 133 Å². The maximum atomic E-state index is 12.1. The number of phenols is 2. The fourth-order valence-corrected chi connectivity index (χ4v) is 2.35. The van der Waals surface area contributed by atoms with Crippen LogP contribution < -0.4 is 0 Å². The smallest absolute Gasteiger partial charge is 0.336 e. The Morgan fingerprint density at radius 2 is 2.13 bits per heavy atom. The van der Waals surface area contributed by atoms with Crippen LogP contribution in [0.4, 0.5) is 0 Å². The van der Waals surface area contributed by atoms with Gasteiger partial charge in [-0.15, -0.1) is 0 Å². The summed E-state index contributed by atoms with van der Waals surface area (Å²) in [5.74, 6) is -2.38. The van der Waals surface area contributed by atoms with Crippen LogP contribution in [0, 0.1) is 0 Å². The van der Waals surface area contributed by atoms with E-state index in [2.05, 4.69) is 0 Å². The lowest BCUT2D eigenvalue weighted by Crippen LogP contribution is -2.27. The van der Waals surface area contributed by atoms with Gasteiger partial charge in [0.25, 0.3) is 5.79 Å². The number of aldehydes is 1. The lowest BCUT2D eigenvalue weighted by molar-refractivity contribution is -0.193. The molecule has 2 N–H and O–H groups in total. The van der Waals surface area contributed by atoms with Crippen LogP contribution in [0.5, 0.6) is 11.5 Å². The van der Waals surface area contributed by atoms with Crippen molar-refractivity contribution in [2.45, 2.75) is 25.6 Å². The molecule has 6 nitrogen and oxygen atoms in total. The molecule has 0 saturated carbocycles. The highest BCUT2D eigenvalue weighted by atomic mass is 16.7. The molecule has 6 heteroatoms. The average Bonchev–Trinajstić information content (AvgIpc) is 2.87. The number of rotatable bonds is 6. The second-order valence-electron chi connectivity index (χ2n) is 5.24. The molecule has 0 fully saturated rings. The molecule has 2 rings (SSSR count). The first-order valence-electron chi connectivity index (χ1n) is 7.06. The Bertz CT molecular complexity index is 688. The predicted octanol–water partition coefficient (Wildman–Crippen LogP) is 2.31. The summed E-state index contributed by atoms with van der Waals surface area (Å²) in [4.78, 5) is 22.6. The van der Waals surface area contributed by atoms with Crippen LogP contribution in [0.2, 0.25) is 0 Å². The molecule has 0 aliphatic carbocycles. The Morgan fingerprint density at radius 1 is 1.39 bits per heavy atom. The standard InChI is InChI=1S/C17H18O6/c1-11(10-18)4-3-5-12-9-17(22-2,23-16(12)21)14-8-13(19)6-7-15(14)20/h4,6-10,19-20H,3,5H2,1-2H3/b11-4-/t17-/m0/s1. The zero-order valence-electron chi connectivity index (χ0n) is 12.9. The third kappa shape index (κ3) is 3.43. The minimum atomic E-state index is -1.57. The molecule has 122 valence electrons. The number of allylic oxidation sites excluding steroid dienone is 2. The van der Waals surface area contributed by atoms with Crippen molar-refractivity contribution in [1.29, 1.82) is 0 Å². The van der Waals surface area contributed by atoms with E-state index in [1.165, 1.54) is 31.4 Å². The zero-order chi connectivity index (χ0) is 17.0. The van der Waals surface area contributed by atoms with Gasteiger partial charge in [0.2, 0.25) is 0 Å². The first-order chi connectivity index (χ1) is 10.9. The van der Waals surface area contributed by atoms with Gasteiger partial charge in [0, 0.05) is 18.8 Å². The fourth-order valence-electron chi connectivity index (χ4n) is 2.35. The Hall–Kier alpha value is -2.60. The van der Waals surface area contributed by atoms with Gasteiger partial charge in [-0.3, -0.25) is 4.79 Å². The largest absolute Gasteiger partial charge is 0.508 e. The van der Waals surface area contributed by atoms with Crippen LogP contribution in [-0.4, -0.2) is 29.6 Å². The topological polar surface area (TPSA) is 93.1 Å². The van der Waals surface area contributed by atoms with Crippen molar-refractivity contribution >= 4 is 12.3 Å². The number of carbonyl (C=O) groups is 2. The highest BCUT2D eigenvalue weighted by Gasteiger charge is 2.43. The molecule has 0 spiro atoms. The van der Waals surface area contributed by atoms with E-state index in [9.17, 15) is 19.8 Å². The number of hydrogen-bond donors (Lipinski definition) is 2. The zero-order valence-corrected chi connectivity index (χ0v) is 12.9. The van der Waals surface area contributed by atoms with E-state index in [1.807, 2.05) is 0 Å². The van der Waals surface area contributed by atoms with Crippen molar-refractivity contribution in [3.63, 3.8) is 0 Å². The number of cyclic esters (lactones) is 1. The van der Waals surface area contributed by atoms with E-state index in [0.29, 0.717) is 24.0 Å². The molecule has 0 radical (unpaired) electrons. The van der Waals surface area contributed by atoms with Gasteiger partial charge in [-0.05, 0) is 43.5 Å². The summed E-state index contributed by atoms with van der Waals surface area (Å²) in [6.07, 6.45) is 4.81. The van der Waals surface area contributed by atoms with Crippen LogP contribution >= 0.6 is 0 Å². The van der Waals surface area contributed by atoms with Gasteiger partial charge in [-0.25, -0.2) is 4.79 Å². The highest BCUT2D eigenvalue weighted by molar-refractivity contribution is 5.91. The van der Waals surface area contributed by atoms with Crippen LogP contribution in [0.25, 0.3) is 0 Å². The second-order valence-corrected chi connectivity index (χ2v) is 5.24. The van der Waals surface area contributed by atoms with Crippen molar-refractivity contribution < 1.29 is 29.3 Å². The van der Waals surface area contributed by atoms with E-state index < -0.39 is 11.8 Å². The first kappa shape index (κ1) is 16.8. The van der Waals surface area contributed by atoms with Crippen molar-refractivity contribution in [3.05, 3.63) is 47.1 Å². The molecule has 0 bridgehead atoms. The van der Waals surface area contributed by atoms with Gasteiger partial charge >= 0.3 is 5.97 Å². The van der Waals surface area contributed by atoms with Crippen molar-refractivity contribution in [1.82, 2.24) is 0 Å². The molecule has 1 heterocycles. The molecular formula is C17H18O6. The summed E-state index contributed by atoms with van der Waals surface area (Å²) in [5.41, 5.74) is 1.10. The Morgan fingerprint density at radius 3 is 2.78 bits per heavy atom. The summed E-state index contributed by atoms with van der Waals surface area (Å²) in [6, 6.07) is 3.89. The molecular weight excluding hydrogens is 300 g/mol. The van der Waals surface area contributed by atoms with E-state index >= 15 is 0 Å². The Balaban J connectivity index is 2.31. The normalized spacial score (nSPS) is 21.0. The van der Waals surface area contributed by atoms with Gasteiger partial charge < -0.3 is 19.7 Å². The number of esters is 1. The summed E-state index contributed by atoms with van der Waals surface area (Å²) in [5, 5.41) is 19.6. The minimum Gasteiger partial charge on any atom is -0.508 e. The number of hydrogen-bond acceptors (Lipinski definition) is 6. The number of phenolic OH excluding ortho intramolecular Hbond substituents is 2. The van der Waals surface area contributed by atoms with Crippen LogP contribution in [-0.2, 0) is 24.8 Å². The van der Waals surface area contributed by atoms with Crippen molar-refractivity contribution in [2.75, 3.05) is 7.11 Å². The molecule has 23 heavy (non-hydrogen) atoms. The minimum absolute atomic E-state index is 0.0864. The third-order valence-electron chi connectivity index (χ3n) is 3.60. The molecule has 1 aromatic rings. The molecule has 1 aliphatic heterocycles. The summed E-state index contributed by atoms with van der Waals surface area (Å²) in [7, 11) is 1.34. The number of benzene rings is 1. The van der Waals surface area contributed by atoms with Gasteiger partial charge in [-0.1, -0.05) is 6.08 Å².